The zero-order valence-electron chi connectivity index (χ0n) is 13.2. The van der Waals surface area contributed by atoms with Gasteiger partial charge in [0.1, 0.15) is 10.7 Å². The smallest absolute Gasteiger partial charge is 0.272 e. The summed E-state index contributed by atoms with van der Waals surface area (Å²) in [4.78, 5) is 39.6. The first-order valence-electron chi connectivity index (χ1n) is 7.48. The number of nitrogens with zero attached hydrogens (tertiary/aromatic N) is 1. The monoisotopic (exact) mass is 369 g/mol. The fourth-order valence-corrected chi connectivity index (χ4v) is 2.41. The van der Waals surface area contributed by atoms with E-state index in [1.807, 2.05) is 0 Å². The summed E-state index contributed by atoms with van der Waals surface area (Å²) in [5.74, 6) is 0. The molecule has 0 saturated carbocycles. The molecular formula is C18H12ClN3O4. The Kier molecular flexibility index (Phi) is 4.81. The van der Waals surface area contributed by atoms with Crippen LogP contribution in [0.1, 0.15) is 11.1 Å². The topological polar surface area (TPSA) is 109 Å². The molecule has 26 heavy (non-hydrogen) atoms. The van der Waals surface area contributed by atoms with Crippen LogP contribution in [0.15, 0.2) is 58.1 Å². The molecule has 1 heterocycles. The molecule has 0 unspecified atom stereocenters. The number of halogens is 1. The molecule has 0 aliphatic heterocycles. The molecule has 8 heteroatoms. The Bertz CT molecular complexity index is 1190. The normalized spacial score (nSPS) is 12.3. The second kappa shape index (κ2) is 7.20. The molecule has 0 aliphatic rings. The molecule has 0 spiro atoms. The van der Waals surface area contributed by atoms with Gasteiger partial charge in [0.05, 0.1) is 4.92 Å². The number of rotatable bonds is 3. The highest BCUT2D eigenvalue weighted by Gasteiger charge is 2.03. The van der Waals surface area contributed by atoms with E-state index in [4.69, 9.17) is 11.6 Å². The van der Waals surface area contributed by atoms with Crippen LogP contribution in [0.3, 0.4) is 0 Å². The molecule has 1 aromatic heterocycles. The summed E-state index contributed by atoms with van der Waals surface area (Å²) < 4.78 is 0. The zero-order chi connectivity index (χ0) is 18.7. The maximum absolute atomic E-state index is 12.2. The van der Waals surface area contributed by atoms with Gasteiger partial charge in [0.2, 0.25) is 0 Å². The summed E-state index contributed by atoms with van der Waals surface area (Å²) in [6.07, 6.45) is 2.97. The lowest BCUT2D eigenvalue weighted by Crippen LogP contribution is -2.46. The van der Waals surface area contributed by atoms with Gasteiger partial charge < -0.3 is 9.97 Å². The highest BCUT2D eigenvalue weighted by Crippen LogP contribution is 2.12. The van der Waals surface area contributed by atoms with Crippen molar-refractivity contribution in [3.63, 3.8) is 0 Å². The van der Waals surface area contributed by atoms with Gasteiger partial charge in [-0.2, -0.15) is 0 Å². The average Bonchev–Trinajstić information content (AvgIpc) is 2.61. The van der Waals surface area contributed by atoms with Crippen LogP contribution in [0.5, 0.6) is 0 Å². The molecule has 130 valence electrons. The minimum atomic E-state index is -0.514. The molecule has 0 amide bonds. The number of hydrogen-bond acceptors (Lipinski definition) is 4. The third-order valence-electron chi connectivity index (χ3n) is 3.58. The molecule has 0 saturated heterocycles. The van der Waals surface area contributed by atoms with Crippen molar-refractivity contribution < 1.29 is 4.92 Å². The molecule has 2 N–H and O–H groups in total. The molecule has 7 nitrogen and oxygen atoms in total. The van der Waals surface area contributed by atoms with Gasteiger partial charge in [-0.1, -0.05) is 23.7 Å². The van der Waals surface area contributed by atoms with Crippen molar-refractivity contribution in [1.82, 2.24) is 9.97 Å². The van der Waals surface area contributed by atoms with Crippen LogP contribution >= 0.6 is 11.6 Å². The predicted octanol–water partition coefficient (Wildman–Crippen LogP) is 1.28. The highest BCUT2D eigenvalue weighted by molar-refractivity contribution is 6.30. The largest absolute Gasteiger partial charge is 0.316 e. The molecule has 0 fully saturated rings. The molecule has 3 aromatic rings. The fraction of sp³-hybridized carbons (Fsp3) is 0. The lowest BCUT2D eigenvalue weighted by Gasteiger charge is -1.95. The van der Waals surface area contributed by atoms with E-state index in [9.17, 15) is 19.7 Å². The van der Waals surface area contributed by atoms with Crippen molar-refractivity contribution in [3.8, 4) is 0 Å². The van der Waals surface area contributed by atoms with E-state index in [1.54, 1.807) is 24.3 Å². The number of aromatic amines is 2. The molecule has 0 atom stereocenters. The van der Waals surface area contributed by atoms with Gasteiger partial charge in [-0.3, -0.25) is 19.7 Å². The Morgan fingerprint density at radius 3 is 1.65 bits per heavy atom. The third-order valence-corrected chi connectivity index (χ3v) is 3.83. The minimum absolute atomic E-state index is 0.0529. The van der Waals surface area contributed by atoms with Crippen LogP contribution in [0.25, 0.3) is 12.2 Å². The standard InChI is InChI=1S/C18H12ClN3O4/c19-13-5-1-11(2-6-13)9-15-17(23)21-16(18(24)20-15)10-12-3-7-14(8-4-12)22(25)26/h1-10H,(H,20,24)(H,21,23)/b15-9-,16-10+. The summed E-state index contributed by atoms with van der Waals surface area (Å²) >= 11 is 5.81. The van der Waals surface area contributed by atoms with Crippen molar-refractivity contribution in [2.24, 2.45) is 0 Å². The summed E-state index contributed by atoms with van der Waals surface area (Å²) in [5.41, 5.74) is 0.252. The van der Waals surface area contributed by atoms with Crippen LogP contribution in [0.4, 0.5) is 5.69 Å². The molecular weight excluding hydrogens is 358 g/mol. The SMILES string of the molecule is O=c1[nH]/c(=C/c2ccc([N+](=O)[O-])cc2)c(=O)[nH]/c1=C\c1ccc(Cl)cc1. The van der Waals surface area contributed by atoms with E-state index in [1.165, 1.54) is 36.4 Å². The first-order chi connectivity index (χ1) is 12.4. The van der Waals surface area contributed by atoms with E-state index in [0.29, 0.717) is 16.1 Å². The van der Waals surface area contributed by atoms with Crippen molar-refractivity contribution in [1.29, 1.82) is 0 Å². The summed E-state index contributed by atoms with van der Waals surface area (Å²) in [7, 11) is 0. The fourth-order valence-electron chi connectivity index (χ4n) is 2.28. The average molecular weight is 370 g/mol. The lowest BCUT2D eigenvalue weighted by molar-refractivity contribution is -0.384. The Morgan fingerprint density at radius 1 is 0.808 bits per heavy atom. The number of nitro groups is 1. The second-order valence-electron chi connectivity index (χ2n) is 5.42. The minimum Gasteiger partial charge on any atom is -0.316 e. The molecule has 0 radical (unpaired) electrons. The summed E-state index contributed by atoms with van der Waals surface area (Å²) in [5, 5.41) is 11.4. The second-order valence-corrected chi connectivity index (χ2v) is 5.86. The lowest BCUT2D eigenvalue weighted by atomic mass is 10.2. The van der Waals surface area contributed by atoms with Gasteiger partial charge >= 0.3 is 0 Å². The Balaban J connectivity index is 2.04. The number of nitro benzene ring substituents is 1. The van der Waals surface area contributed by atoms with Crippen molar-refractivity contribution in [2.75, 3.05) is 0 Å². The summed E-state index contributed by atoms with van der Waals surface area (Å²) in [6.45, 7) is 0. The van der Waals surface area contributed by atoms with Crippen molar-refractivity contribution in [2.45, 2.75) is 0 Å². The Hall–Kier alpha value is -3.45. The molecule has 0 bridgehead atoms. The van der Waals surface area contributed by atoms with Crippen LogP contribution in [0, 0.1) is 10.1 Å². The molecule has 2 aromatic carbocycles. The van der Waals surface area contributed by atoms with E-state index in [-0.39, 0.29) is 16.4 Å². The van der Waals surface area contributed by atoms with Gasteiger partial charge in [-0.25, -0.2) is 0 Å². The van der Waals surface area contributed by atoms with Gasteiger partial charge in [-0.15, -0.1) is 0 Å². The van der Waals surface area contributed by atoms with E-state index >= 15 is 0 Å². The van der Waals surface area contributed by atoms with Crippen LogP contribution in [-0.4, -0.2) is 14.9 Å². The Morgan fingerprint density at radius 2 is 1.23 bits per heavy atom. The first kappa shape index (κ1) is 17.4. The van der Waals surface area contributed by atoms with Crippen molar-refractivity contribution in [3.05, 3.63) is 106 Å². The number of aromatic nitrogens is 2. The van der Waals surface area contributed by atoms with E-state index in [0.717, 1.165) is 0 Å². The number of nitrogens with one attached hydrogen (secondary N) is 2. The number of benzene rings is 2. The van der Waals surface area contributed by atoms with Gasteiger partial charge in [0, 0.05) is 17.2 Å². The van der Waals surface area contributed by atoms with E-state index < -0.39 is 16.0 Å². The summed E-state index contributed by atoms with van der Waals surface area (Å²) in [6, 6.07) is 12.4. The molecule has 3 rings (SSSR count). The highest BCUT2D eigenvalue weighted by atomic mass is 35.5. The maximum Gasteiger partial charge on any atom is 0.272 e. The number of hydrogen-bond donors (Lipinski definition) is 2. The van der Waals surface area contributed by atoms with Crippen molar-refractivity contribution >= 4 is 29.4 Å². The maximum atomic E-state index is 12.2. The van der Waals surface area contributed by atoms with Crippen LogP contribution in [-0.2, 0) is 0 Å². The number of H-pyrrole nitrogens is 2. The van der Waals surface area contributed by atoms with Gasteiger partial charge in [0.15, 0.2) is 0 Å². The zero-order valence-corrected chi connectivity index (χ0v) is 14.0. The predicted molar refractivity (Wildman–Crippen MR) is 98.6 cm³/mol. The quantitative estimate of drug-likeness (QED) is 0.535. The molecule has 0 aliphatic carbocycles. The van der Waals surface area contributed by atoms with Gasteiger partial charge in [0.25, 0.3) is 16.8 Å². The third kappa shape index (κ3) is 3.96. The van der Waals surface area contributed by atoms with Crippen LogP contribution in [0.2, 0.25) is 5.02 Å². The van der Waals surface area contributed by atoms with Crippen LogP contribution < -0.4 is 21.8 Å². The number of non-ortho nitro benzene ring substituents is 1. The van der Waals surface area contributed by atoms with Gasteiger partial charge in [-0.05, 0) is 47.5 Å². The Labute approximate surface area is 151 Å². The first-order valence-corrected chi connectivity index (χ1v) is 7.86. The van der Waals surface area contributed by atoms with E-state index in [2.05, 4.69) is 9.97 Å².